The highest BCUT2D eigenvalue weighted by atomic mass is 16.5. The molecule has 0 aromatic heterocycles. The second kappa shape index (κ2) is 7.24. The van der Waals surface area contributed by atoms with E-state index < -0.39 is 23.8 Å². The van der Waals surface area contributed by atoms with Crippen molar-refractivity contribution in [2.24, 2.45) is 11.8 Å². The molecule has 0 saturated heterocycles. The molecule has 0 heterocycles. The quantitative estimate of drug-likeness (QED) is 0.626. The van der Waals surface area contributed by atoms with Gasteiger partial charge >= 0.3 is 11.9 Å². The Labute approximate surface area is 93.4 Å². The van der Waals surface area contributed by atoms with E-state index >= 15 is 0 Å². The number of carbonyl (C=O) groups is 2. The molecule has 6 nitrogen and oxygen atoms in total. The average molecular weight is 224 g/mol. The first-order valence-corrected chi connectivity index (χ1v) is 4.74. The summed E-state index contributed by atoms with van der Waals surface area (Å²) in [5.41, 5.74) is 0. The molecule has 0 radical (unpaired) electrons. The Kier molecular flexibility index (Phi) is 6.30. The predicted molar refractivity (Wildman–Crippen MR) is 51.5 cm³/mol. The van der Waals surface area contributed by atoms with E-state index in [4.69, 9.17) is 10.5 Å². The molecule has 0 aliphatic heterocycles. The maximum absolute atomic E-state index is 11.3. The zero-order valence-electron chi connectivity index (χ0n) is 9.10. The second-order valence-electron chi connectivity index (χ2n) is 2.72. The first-order chi connectivity index (χ1) is 7.62. The molecular weight excluding hydrogens is 212 g/mol. The zero-order valence-corrected chi connectivity index (χ0v) is 9.10. The van der Waals surface area contributed by atoms with E-state index in [0.717, 1.165) is 0 Å². The summed E-state index contributed by atoms with van der Waals surface area (Å²) in [4.78, 5) is 22.6. The molecule has 0 rings (SSSR count). The van der Waals surface area contributed by atoms with Gasteiger partial charge in [-0.3, -0.25) is 9.59 Å². The number of hydrogen-bond acceptors (Lipinski definition) is 6. The van der Waals surface area contributed by atoms with E-state index in [9.17, 15) is 9.59 Å². The fourth-order valence-corrected chi connectivity index (χ4v) is 0.991. The SMILES string of the molecule is CCOC(=O)C(C#N)C(C#N)C(=O)OCC. The summed E-state index contributed by atoms with van der Waals surface area (Å²) in [5, 5.41) is 17.5. The van der Waals surface area contributed by atoms with Crippen molar-refractivity contribution in [3.63, 3.8) is 0 Å². The van der Waals surface area contributed by atoms with Crippen LogP contribution in [0.5, 0.6) is 0 Å². The van der Waals surface area contributed by atoms with Crippen molar-refractivity contribution in [2.75, 3.05) is 13.2 Å². The van der Waals surface area contributed by atoms with Crippen LogP contribution in [0.25, 0.3) is 0 Å². The minimum absolute atomic E-state index is 0.0813. The van der Waals surface area contributed by atoms with Gasteiger partial charge in [0.25, 0.3) is 0 Å². The molecule has 16 heavy (non-hydrogen) atoms. The molecule has 0 aliphatic rings. The Balaban J connectivity index is 4.79. The summed E-state index contributed by atoms with van der Waals surface area (Å²) in [6, 6.07) is 3.16. The van der Waals surface area contributed by atoms with Gasteiger partial charge in [0.2, 0.25) is 0 Å². The first kappa shape index (κ1) is 13.9. The Morgan fingerprint density at radius 2 is 1.31 bits per heavy atom. The van der Waals surface area contributed by atoms with E-state index in [1.807, 2.05) is 0 Å². The Morgan fingerprint density at radius 1 is 1.00 bits per heavy atom. The summed E-state index contributed by atoms with van der Waals surface area (Å²) >= 11 is 0. The van der Waals surface area contributed by atoms with Crippen LogP contribution in [0, 0.1) is 34.5 Å². The zero-order chi connectivity index (χ0) is 12.6. The standard InChI is InChI=1S/C10H12N2O4/c1-3-15-9(13)7(5-11)8(6-12)10(14)16-4-2/h7-8H,3-4H2,1-2H3. The van der Waals surface area contributed by atoms with Crippen molar-refractivity contribution in [1.29, 1.82) is 10.5 Å². The third kappa shape index (κ3) is 3.58. The maximum atomic E-state index is 11.3. The molecule has 86 valence electrons. The van der Waals surface area contributed by atoms with Crippen LogP contribution in [-0.4, -0.2) is 25.2 Å². The lowest BCUT2D eigenvalue weighted by atomic mass is 9.95. The molecule has 2 atom stereocenters. The molecule has 2 unspecified atom stereocenters. The van der Waals surface area contributed by atoms with E-state index in [2.05, 4.69) is 9.47 Å². The largest absolute Gasteiger partial charge is 0.465 e. The summed E-state index contributed by atoms with van der Waals surface area (Å²) in [6.07, 6.45) is 0. The summed E-state index contributed by atoms with van der Waals surface area (Å²) in [7, 11) is 0. The topological polar surface area (TPSA) is 100 Å². The minimum atomic E-state index is -1.44. The van der Waals surface area contributed by atoms with Gasteiger partial charge in [0, 0.05) is 0 Å². The third-order valence-corrected chi connectivity index (χ3v) is 1.69. The van der Waals surface area contributed by atoms with E-state index in [1.54, 1.807) is 26.0 Å². The molecule has 0 saturated carbocycles. The first-order valence-electron chi connectivity index (χ1n) is 4.74. The van der Waals surface area contributed by atoms with Gasteiger partial charge in [-0.15, -0.1) is 0 Å². The highest BCUT2D eigenvalue weighted by molar-refractivity contribution is 5.85. The summed E-state index contributed by atoms with van der Waals surface area (Å²) in [5.74, 6) is -4.65. The maximum Gasteiger partial charge on any atom is 0.325 e. The van der Waals surface area contributed by atoms with Gasteiger partial charge in [0.05, 0.1) is 25.4 Å². The molecule has 0 fully saturated rings. The average Bonchev–Trinajstić information content (AvgIpc) is 2.25. The molecule has 0 N–H and O–H groups in total. The monoisotopic (exact) mass is 224 g/mol. The Morgan fingerprint density at radius 3 is 1.50 bits per heavy atom. The van der Waals surface area contributed by atoms with Gasteiger partial charge < -0.3 is 9.47 Å². The fraction of sp³-hybridized carbons (Fsp3) is 0.600. The number of rotatable bonds is 5. The highest BCUT2D eigenvalue weighted by Crippen LogP contribution is 2.14. The Bertz CT molecular complexity index is 306. The highest BCUT2D eigenvalue weighted by Gasteiger charge is 2.36. The lowest BCUT2D eigenvalue weighted by Crippen LogP contribution is -2.30. The van der Waals surface area contributed by atoms with Crippen LogP contribution in [0.4, 0.5) is 0 Å². The minimum Gasteiger partial charge on any atom is -0.465 e. The lowest BCUT2D eigenvalue weighted by Gasteiger charge is -2.12. The fourth-order valence-electron chi connectivity index (χ4n) is 0.991. The van der Waals surface area contributed by atoms with Crippen LogP contribution in [0.2, 0.25) is 0 Å². The van der Waals surface area contributed by atoms with Gasteiger partial charge in [0.1, 0.15) is 0 Å². The van der Waals surface area contributed by atoms with E-state index in [-0.39, 0.29) is 13.2 Å². The molecule has 0 aliphatic carbocycles. The lowest BCUT2D eigenvalue weighted by molar-refractivity contribution is -0.155. The van der Waals surface area contributed by atoms with Crippen LogP contribution in [0.1, 0.15) is 13.8 Å². The number of hydrogen-bond donors (Lipinski definition) is 0. The molecule has 0 bridgehead atoms. The number of carbonyl (C=O) groups excluding carboxylic acids is 2. The van der Waals surface area contributed by atoms with Crippen LogP contribution in [0.15, 0.2) is 0 Å². The van der Waals surface area contributed by atoms with Gasteiger partial charge in [0.15, 0.2) is 11.8 Å². The van der Waals surface area contributed by atoms with Crippen molar-refractivity contribution >= 4 is 11.9 Å². The third-order valence-electron chi connectivity index (χ3n) is 1.69. The van der Waals surface area contributed by atoms with Crippen molar-refractivity contribution in [2.45, 2.75) is 13.8 Å². The molecule has 6 heteroatoms. The summed E-state index contributed by atoms with van der Waals surface area (Å²) < 4.78 is 9.17. The number of ether oxygens (including phenoxy) is 2. The van der Waals surface area contributed by atoms with E-state index in [1.165, 1.54) is 0 Å². The van der Waals surface area contributed by atoms with Gasteiger partial charge in [-0.25, -0.2) is 0 Å². The van der Waals surface area contributed by atoms with Gasteiger partial charge in [-0.2, -0.15) is 10.5 Å². The van der Waals surface area contributed by atoms with E-state index in [0.29, 0.717) is 0 Å². The summed E-state index contributed by atoms with van der Waals surface area (Å²) in [6.45, 7) is 3.30. The number of nitrogens with zero attached hydrogens (tertiary/aromatic N) is 2. The number of nitriles is 2. The molecular formula is C10H12N2O4. The van der Waals surface area contributed by atoms with Crippen molar-refractivity contribution in [3.05, 3.63) is 0 Å². The van der Waals surface area contributed by atoms with Gasteiger partial charge in [-0.1, -0.05) is 0 Å². The Hall–Kier alpha value is -2.08. The van der Waals surface area contributed by atoms with Crippen LogP contribution in [0.3, 0.4) is 0 Å². The van der Waals surface area contributed by atoms with Crippen LogP contribution < -0.4 is 0 Å². The van der Waals surface area contributed by atoms with Crippen molar-refractivity contribution < 1.29 is 19.1 Å². The molecule has 0 aromatic carbocycles. The van der Waals surface area contributed by atoms with Crippen LogP contribution in [-0.2, 0) is 19.1 Å². The molecule has 0 aromatic rings. The van der Waals surface area contributed by atoms with Crippen molar-refractivity contribution in [3.8, 4) is 12.1 Å². The molecule has 0 spiro atoms. The number of esters is 2. The normalized spacial score (nSPS) is 12.8. The smallest absolute Gasteiger partial charge is 0.325 e. The van der Waals surface area contributed by atoms with Gasteiger partial charge in [-0.05, 0) is 13.8 Å². The van der Waals surface area contributed by atoms with Crippen LogP contribution >= 0.6 is 0 Å². The second-order valence-corrected chi connectivity index (χ2v) is 2.72. The molecule has 0 amide bonds. The predicted octanol–water partition coefficient (Wildman–Crippen LogP) is 0.392. The van der Waals surface area contributed by atoms with Crippen molar-refractivity contribution in [1.82, 2.24) is 0 Å².